The molecule has 0 heterocycles. The first kappa shape index (κ1) is 19.6. The zero-order valence-electron chi connectivity index (χ0n) is 15.9. The molecular formula is C21H27NO4. The number of benzene rings is 2. The highest BCUT2D eigenvalue weighted by Gasteiger charge is 2.14. The first-order chi connectivity index (χ1) is 12.5. The molecule has 0 radical (unpaired) electrons. The standard InChI is InChI=1S/C21H27NO4/c1-5-24-19-12-11-17(13-20(19)25-6-2)16(4)22-21(23)14-26-18-10-8-7-9-15(18)3/h7-13,16H,5-6,14H2,1-4H3,(H,22,23)/t16-/m1/s1. The molecule has 0 aliphatic heterocycles. The van der Waals surface area contributed by atoms with Crippen molar-refractivity contribution < 1.29 is 19.0 Å². The Morgan fingerprint density at radius 3 is 2.35 bits per heavy atom. The van der Waals surface area contributed by atoms with E-state index in [9.17, 15) is 4.79 Å². The van der Waals surface area contributed by atoms with Gasteiger partial charge in [-0.15, -0.1) is 0 Å². The van der Waals surface area contributed by atoms with Crippen LogP contribution in [0.25, 0.3) is 0 Å². The summed E-state index contributed by atoms with van der Waals surface area (Å²) in [5, 5.41) is 2.95. The monoisotopic (exact) mass is 357 g/mol. The molecule has 0 saturated carbocycles. The number of aryl methyl sites for hydroxylation is 1. The van der Waals surface area contributed by atoms with Crippen molar-refractivity contribution in [3.8, 4) is 17.2 Å². The minimum absolute atomic E-state index is 0.0233. The zero-order chi connectivity index (χ0) is 18.9. The minimum atomic E-state index is -0.174. The summed E-state index contributed by atoms with van der Waals surface area (Å²) in [6.45, 7) is 8.83. The number of hydrogen-bond acceptors (Lipinski definition) is 4. The van der Waals surface area contributed by atoms with Crippen molar-refractivity contribution in [3.63, 3.8) is 0 Å². The molecule has 2 rings (SSSR count). The summed E-state index contributed by atoms with van der Waals surface area (Å²) in [4.78, 5) is 12.2. The summed E-state index contributed by atoms with van der Waals surface area (Å²) in [7, 11) is 0. The van der Waals surface area contributed by atoms with E-state index in [0.717, 1.165) is 16.9 Å². The van der Waals surface area contributed by atoms with Crippen LogP contribution in [0.4, 0.5) is 0 Å². The van der Waals surface area contributed by atoms with Gasteiger partial charge in [-0.05, 0) is 57.0 Å². The van der Waals surface area contributed by atoms with Crippen LogP contribution in [0.5, 0.6) is 17.2 Å². The van der Waals surface area contributed by atoms with E-state index in [0.29, 0.717) is 24.7 Å². The molecule has 5 nitrogen and oxygen atoms in total. The molecule has 26 heavy (non-hydrogen) atoms. The molecular weight excluding hydrogens is 330 g/mol. The van der Waals surface area contributed by atoms with Gasteiger partial charge in [0.15, 0.2) is 18.1 Å². The van der Waals surface area contributed by atoms with E-state index in [2.05, 4.69) is 5.32 Å². The van der Waals surface area contributed by atoms with Gasteiger partial charge in [0.2, 0.25) is 0 Å². The van der Waals surface area contributed by atoms with E-state index in [-0.39, 0.29) is 18.6 Å². The first-order valence-electron chi connectivity index (χ1n) is 8.92. The lowest BCUT2D eigenvalue weighted by molar-refractivity contribution is -0.123. The Balaban J connectivity index is 1.97. The third-order valence-corrected chi connectivity index (χ3v) is 3.90. The van der Waals surface area contributed by atoms with Gasteiger partial charge in [0, 0.05) is 0 Å². The van der Waals surface area contributed by atoms with Crippen LogP contribution in [0.1, 0.15) is 37.9 Å². The van der Waals surface area contributed by atoms with Gasteiger partial charge in [0.1, 0.15) is 5.75 Å². The van der Waals surface area contributed by atoms with Crippen LogP contribution in [0.3, 0.4) is 0 Å². The number of carbonyl (C=O) groups excluding carboxylic acids is 1. The Bertz CT molecular complexity index is 730. The molecule has 0 unspecified atom stereocenters. The van der Waals surface area contributed by atoms with Crippen molar-refractivity contribution >= 4 is 5.91 Å². The Kier molecular flexibility index (Phi) is 7.33. The van der Waals surface area contributed by atoms with Gasteiger partial charge in [-0.3, -0.25) is 4.79 Å². The van der Waals surface area contributed by atoms with Crippen molar-refractivity contribution in [2.75, 3.05) is 19.8 Å². The van der Waals surface area contributed by atoms with Gasteiger partial charge in [-0.2, -0.15) is 0 Å². The maximum absolute atomic E-state index is 12.2. The molecule has 0 spiro atoms. The number of para-hydroxylation sites is 1. The van der Waals surface area contributed by atoms with E-state index < -0.39 is 0 Å². The number of nitrogens with one attached hydrogen (secondary N) is 1. The summed E-state index contributed by atoms with van der Waals surface area (Å²) in [5.74, 6) is 1.94. The number of hydrogen-bond donors (Lipinski definition) is 1. The fourth-order valence-electron chi connectivity index (χ4n) is 2.57. The summed E-state index contributed by atoms with van der Waals surface area (Å²) in [6, 6.07) is 13.2. The van der Waals surface area contributed by atoms with Crippen molar-refractivity contribution in [2.24, 2.45) is 0 Å². The maximum atomic E-state index is 12.2. The molecule has 2 aromatic carbocycles. The van der Waals surface area contributed by atoms with E-state index >= 15 is 0 Å². The Labute approximate surface area is 155 Å². The second-order valence-corrected chi connectivity index (χ2v) is 5.92. The quantitative estimate of drug-likeness (QED) is 0.736. The van der Waals surface area contributed by atoms with Crippen molar-refractivity contribution in [2.45, 2.75) is 33.7 Å². The summed E-state index contributed by atoms with van der Waals surface area (Å²) < 4.78 is 16.8. The molecule has 0 saturated heterocycles. The number of rotatable bonds is 9. The summed E-state index contributed by atoms with van der Waals surface area (Å²) in [5.41, 5.74) is 1.95. The molecule has 0 aromatic heterocycles. The first-order valence-corrected chi connectivity index (χ1v) is 8.92. The predicted octanol–water partition coefficient (Wildman–Crippen LogP) is 4.05. The number of amides is 1. The largest absolute Gasteiger partial charge is 0.490 e. The zero-order valence-corrected chi connectivity index (χ0v) is 15.9. The predicted molar refractivity (Wildman–Crippen MR) is 102 cm³/mol. The topological polar surface area (TPSA) is 56.8 Å². The molecule has 5 heteroatoms. The number of carbonyl (C=O) groups is 1. The van der Waals surface area contributed by atoms with Crippen LogP contribution >= 0.6 is 0 Å². The number of ether oxygens (including phenoxy) is 3. The second-order valence-electron chi connectivity index (χ2n) is 5.92. The van der Waals surface area contributed by atoms with Crippen molar-refractivity contribution in [1.29, 1.82) is 0 Å². The van der Waals surface area contributed by atoms with Crippen molar-refractivity contribution in [1.82, 2.24) is 5.32 Å². The molecule has 0 fully saturated rings. The molecule has 1 atom stereocenters. The van der Waals surface area contributed by atoms with E-state index in [1.165, 1.54) is 0 Å². The lowest BCUT2D eigenvalue weighted by Crippen LogP contribution is -2.31. The van der Waals surface area contributed by atoms with E-state index in [4.69, 9.17) is 14.2 Å². The van der Waals surface area contributed by atoms with Crippen LogP contribution in [0.15, 0.2) is 42.5 Å². The van der Waals surface area contributed by atoms with Gasteiger partial charge < -0.3 is 19.5 Å². The van der Waals surface area contributed by atoms with Crippen LogP contribution in [-0.4, -0.2) is 25.7 Å². The van der Waals surface area contributed by atoms with Crippen molar-refractivity contribution in [3.05, 3.63) is 53.6 Å². The average molecular weight is 357 g/mol. The van der Waals surface area contributed by atoms with Gasteiger partial charge in [0.25, 0.3) is 5.91 Å². The third-order valence-electron chi connectivity index (χ3n) is 3.90. The molecule has 140 valence electrons. The van der Waals surface area contributed by atoms with E-state index in [1.807, 2.05) is 70.2 Å². The Morgan fingerprint density at radius 2 is 1.65 bits per heavy atom. The van der Waals surface area contributed by atoms with Gasteiger partial charge in [-0.1, -0.05) is 24.3 Å². The van der Waals surface area contributed by atoms with Gasteiger partial charge >= 0.3 is 0 Å². The highest BCUT2D eigenvalue weighted by atomic mass is 16.5. The molecule has 0 aliphatic rings. The van der Waals surface area contributed by atoms with Crippen LogP contribution in [-0.2, 0) is 4.79 Å². The van der Waals surface area contributed by atoms with Gasteiger partial charge in [0.05, 0.1) is 19.3 Å². The fourth-order valence-corrected chi connectivity index (χ4v) is 2.57. The Hall–Kier alpha value is -2.69. The highest BCUT2D eigenvalue weighted by molar-refractivity contribution is 5.78. The van der Waals surface area contributed by atoms with Crippen LogP contribution in [0.2, 0.25) is 0 Å². The maximum Gasteiger partial charge on any atom is 0.258 e. The average Bonchev–Trinajstić information content (AvgIpc) is 2.63. The summed E-state index contributed by atoms with van der Waals surface area (Å²) in [6.07, 6.45) is 0. The summed E-state index contributed by atoms with van der Waals surface area (Å²) >= 11 is 0. The van der Waals surface area contributed by atoms with Gasteiger partial charge in [-0.25, -0.2) is 0 Å². The lowest BCUT2D eigenvalue weighted by atomic mass is 10.1. The fraction of sp³-hybridized carbons (Fsp3) is 0.381. The Morgan fingerprint density at radius 1 is 0.962 bits per heavy atom. The van der Waals surface area contributed by atoms with Crippen LogP contribution < -0.4 is 19.5 Å². The highest BCUT2D eigenvalue weighted by Crippen LogP contribution is 2.30. The smallest absolute Gasteiger partial charge is 0.258 e. The third kappa shape index (κ3) is 5.41. The lowest BCUT2D eigenvalue weighted by Gasteiger charge is -2.18. The molecule has 1 amide bonds. The molecule has 0 bridgehead atoms. The second kappa shape index (κ2) is 9.70. The molecule has 0 aliphatic carbocycles. The molecule has 1 N–H and O–H groups in total. The minimum Gasteiger partial charge on any atom is -0.490 e. The van der Waals surface area contributed by atoms with Crippen LogP contribution in [0, 0.1) is 6.92 Å². The van der Waals surface area contributed by atoms with E-state index in [1.54, 1.807) is 0 Å². The SMILES string of the molecule is CCOc1ccc([C@@H](C)NC(=O)COc2ccccc2C)cc1OCC. The normalized spacial score (nSPS) is 11.5. The molecule has 2 aromatic rings.